The highest BCUT2D eigenvalue weighted by atomic mass is 16.3. The quantitative estimate of drug-likeness (QED) is 0.856. The molecule has 1 aromatic rings. The van der Waals surface area contributed by atoms with Gasteiger partial charge in [0, 0.05) is 6.04 Å². The molecule has 0 saturated carbocycles. The maximum atomic E-state index is 10.7. The first-order valence-corrected chi connectivity index (χ1v) is 7.12. The second-order valence-corrected chi connectivity index (χ2v) is 5.73. The van der Waals surface area contributed by atoms with E-state index in [1.807, 2.05) is 6.92 Å². The summed E-state index contributed by atoms with van der Waals surface area (Å²) >= 11 is 0. The lowest BCUT2D eigenvalue weighted by Crippen LogP contribution is -2.42. The number of hydrogen-bond donors (Lipinski definition) is 2. The Hall–Kier alpha value is -0.860. The zero-order valence-corrected chi connectivity index (χ0v) is 11.7. The van der Waals surface area contributed by atoms with Crippen molar-refractivity contribution in [3.63, 3.8) is 0 Å². The predicted molar refractivity (Wildman–Crippen MR) is 75.7 cm³/mol. The van der Waals surface area contributed by atoms with E-state index in [0.717, 1.165) is 31.4 Å². The van der Waals surface area contributed by atoms with E-state index in [0.29, 0.717) is 5.92 Å². The minimum Gasteiger partial charge on any atom is -0.384 e. The first kappa shape index (κ1) is 13.6. The van der Waals surface area contributed by atoms with E-state index in [4.69, 9.17) is 0 Å². The Bertz CT molecular complexity index is 377. The fourth-order valence-corrected chi connectivity index (χ4v) is 2.75. The van der Waals surface area contributed by atoms with Crippen LogP contribution in [0.2, 0.25) is 0 Å². The van der Waals surface area contributed by atoms with Crippen molar-refractivity contribution in [3.05, 3.63) is 35.4 Å². The average molecular weight is 247 g/mol. The van der Waals surface area contributed by atoms with Crippen LogP contribution >= 0.6 is 0 Å². The molecule has 1 aliphatic heterocycles. The van der Waals surface area contributed by atoms with Gasteiger partial charge in [-0.25, -0.2) is 0 Å². The van der Waals surface area contributed by atoms with Crippen LogP contribution in [0.5, 0.6) is 0 Å². The molecule has 0 bridgehead atoms. The molecule has 3 unspecified atom stereocenters. The van der Waals surface area contributed by atoms with Gasteiger partial charge < -0.3 is 10.4 Å². The normalized spacial score (nSPS) is 24.8. The highest BCUT2D eigenvalue weighted by Crippen LogP contribution is 2.30. The van der Waals surface area contributed by atoms with Crippen molar-refractivity contribution in [1.29, 1.82) is 0 Å². The first-order chi connectivity index (χ1) is 8.55. The van der Waals surface area contributed by atoms with Crippen LogP contribution in [-0.4, -0.2) is 17.7 Å². The van der Waals surface area contributed by atoms with Gasteiger partial charge in [0.05, 0.1) is 0 Å². The topological polar surface area (TPSA) is 32.3 Å². The molecule has 100 valence electrons. The van der Waals surface area contributed by atoms with E-state index in [1.54, 1.807) is 0 Å². The van der Waals surface area contributed by atoms with Gasteiger partial charge in [-0.05, 0) is 49.8 Å². The number of aliphatic hydroxyl groups is 1. The minimum atomic E-state index is -0.759. The maximum Gasteiger partial charge on any atom is 0.102 e. The third-order valence-electron chi connectivity index (χ3n) is 4.42. The fraction of sp³-hybridized carbons (Fsp3) is 0.625. The Balaban J connectivity index is 2.17. The second-order valence-electron chi connectivity index (χ2n) is 5.73. The van der Waals surface area contributed by atoms with E-state index < -0.39 is 5.60 Å². The number of hydrogen-bond acceptors (Lipinski definition) is 2. The maximum absolute atomic E-state index is 10.7. The van der Waals surface area contributed by atoms with E-state index in [1.165, 1.54) is 5.56 Å². The molecule has 3 atom stereocenters. The highest BCUT2D eigenvalue weighted by Gasteiger charge is 2.35. The summed E-state index contributed by atoms with van der Waals surface area (Å²) in [6, 6.07) is 8.68. The van der Waals surface area contributed by atoms with Crippen molar-refractivity contribution in [1.82, 2.24) is 5.32 Å². The molecule has 2 nitrogen and oxygen atoms in total. The number of benzene rings is 1. The average Bonchev–Trinajstić information content (AvgIpc) is 2.92. The lowest BCUT2D eigenvalue weighted by Gasteiger charge is -2.31. The van der Waals surface area contributed by atoms with E-state index in [2.05, 4.69) is 43.4 Å². The Labute approximate surface area is 110 Å². The molecule has 1 aromatic carbocycles. The molecule has 2 N–H and O–H groups in total. The van der Waals surface area contributed by atoms with Crippen molar-refractivity contribution in [2.75, 3.05) is 6.54 Å². The molecule has 0 spiro atoms. The van der Waals surface area contributed by atoms with Gasteiger partial charge in [-0.3, -0.25) is 0 Å². The van der Waals surface area contributed by atoms with Crippen LogP contribution in [0, 0.1) is 0 Å². The SMILES string of the molecule is CCC(C)c1ccc(C(C)(O)C2CCCN2)cc1. The van der Waals surface area contributed by atoms with Gasteiger partial charge in [0.25, 0.3) is 0 Å². The molecule has 1 fully saturated rings. The zero-order chi connectivity index (χ0) is 13.2. The van der Waals surface area contributed by atoms with Crippen molar-refractivity contribution in [2.45, 2.75) is 57.6 Å². The molecule has 0 aromatic heterocycles. The van der Waals surface area contributed by atoms with Crippen molar-refractivity contribution in [3.8, 4) is 0 Å². The molecule has 1 aliphatic rings. The molecule has 2 rings (SSSR count). The molecular weight excluding hydrogens is 222 g/mol. The first-order valence-electron chi connectivity index (χ1n) is 7.12. The lowest BCUT2D eigenvalue weighted by molar-refractivity contribution is 0.0218. The zero-order valence-electron chi connectivity index (χ0n) is 11.7. The van der Waals surface area contributed by atoms with E-state index in [9.17, 15) is 5.11 Å². The Morgan fingerprint density at radius 2 is 2.06 bits per heavy atom. The smallest absolute Gasteiger partial charge is 0.102 e. The number of rotatable bonds is 4. The van der Waals surface area contributed by atoms with Crippen LogP contribution in [0.15, 0.2) is 24.3 Å². The molecule has 1 heterocycles. The Morgan fingerprint density at radius 1 is 1.39 bits per heavy atom. The summed E-state index contributed by atoms with van der Waals surface area (Å²) in [6.07, 6.45) is 3.37. The summed E-state index contributed by atoms with van der Waals surface area (Å²) in [5.41, 5.74) is 1.62. The van der Waals surface area contributed by atoms with Crippen molar-refractivity contribution < 1.29 is 5.11 Å². The summed E-state index contributed by atoms with van der Waals surface area (Å²) in [4.78, 5) is 0. The Kier molecular flexibility index (Phi) is 4.08. The molecule has 0 aliphatic carbocycles. The summed E-state index contributed by atoms with van der Waals surface area (Å²) in [7, 11) is 0. The standard InChI is InChI=1S/C16H25NO/c1-4-12(2)13-7-9-14(10-8-13)16(3,18)15-6-5-11-17-15/h7-10,12,15,17-18H,4-6,11H2,1-3H3. The van der Waals surface area contributed by atoms with Gasteiger partial charge in [-0.15, -0.1) is 0 Å². The van der Waals surface area contributed by atoms with Crippen LogP contribution < -0.4 is 5.32 Å². The van der Waals surface area contributed by atoms with Crippen LogP contribution in [0.25, 0.3) is 0 Å². The van der Waals surface area contributed by atoms with Gasteiger partial charge in [-0.1, -0.05) is 38.1 Å². The van der Waals surface area contributed by atoms with Gasteiger partial charge in [-0.2, -0.15) is 0 Å². The van der Waals surface area contributed by atoms with Crippen LogP contribution in [0.1, 0.15) is 57.1 Å². The van der Waals surface area contributed by atoms with Crippen molar-refractivity contribution in [2.24, 2.45) is 0 Å². The monoisotopic (exact) mass is 247 g/mol. The van der Waals surface area contributed by atoms with Gasteiger partial charge in [0.15, 0.2) is 0 Å². The van der Waals surface area contributed by atoms with Gasteiger partial charge in [0.1, 0.15) is 5.60 Å². The fourth-order valence-electron chi connectivity index (χ4n) is 2.75. The van der Waals surface area contributed by atoms with Crippen LogP contribution in [0.4, 0.5) is 0 Å². The summed E-state index contributed by atoms with van der Waals surface area (Å²) in [5.74, 6) is 0.591. The summed E-state index contributed by atoms with van der Waals surface area (Å²) in [6.45, 7) is 7.39. The molecule has 0 radical (unpaired) electrons. The third-order valence-corrected chi connectivity index (χ3v) is 4.42. The molecule has 18 heavy (non-hydrogen) atoms. The minimum absolute atomic E-state index is 0.187. The van der Waals surface area contributed by atoms with E-state index in [-0.39, 0.29) is 6.04 Å². The number of nitrogens with one attached hydrogen (secondary N) is 1. The summed E-state index contributed by atoms with van der Waals surface area (Å²) < 4.78 is 0. The van der Waals surface area contributed by atoms with Crippen LogP contribution in [0.3, 0.4) is 0 Å². The van der Waals surface area contributed by atoms with Crippen LogP contribution in [-0.2, 0) is 5.60 Å². The molecular formula is C16H25NO. The summed E-state index contributed by atoms with van der Waals surface area (Å²) in [5, 5.41) is 14.1. The second kappa shape index (κ2) is 5.41. The molecule has 1 saturated heterocycles. The van der Waals surface area contributed by atoms with Gasteiger partial charge in [0.2, 0.25) is 0 Å². The lowest BCUT2D eigenvalue weighted by atomic mass is 9.86. The Morgan fingerprint density at radius 3 is 2.56 bits per heavy atom. The largest absolute Gasteiger partial charge is 0.384 e. The molecule has 2 heteroatoms. The van der Waals surface area contributed by atoms with E-state index >= 15 is 0 Å². The van der Waals surface area contributed by atoms with Gasteiger partial charge >= 0.3 is 0 Å². The highest BCUT2D eigenvalue weighted by molar-refractivity contribution is 5.30. The van der Waals surface area contributed by atoms with Crippen molar-refractivity contribution >= 4 is 0 Å². The third kappa shape index (κ3) is 2.60. The molecule has 0 amide bonds. The predicted octanol–water partition coefficient (Wildman–Crippen LogP) is 3.16.